The van der Waals surface area contributed by atoms with E-state index >= 15 is 0 Å². The van der Waals surface area contributed by atoms with Gasteiger partial charge in [0, 0.05) is 0 Å². The molecule has 0 saturated heterocycles. The average Bonchev–Trinajstić information content (AvgIpc) is 2.16. The zero-order chi connectivity index (χ0) is 11.7. The lowest BCUT2D eigenvalue weighted by molar-refractivity contribution is -0.157. The molecule has 90 valence electrons. The van der Waals surface area contributed by atoms with Gasteiger partial charge >= 0.3 is 5.97 Å². The normalized spacial score (nSPS) is 14.9. The Morgan fingerprint density at radius 3 is 2.00 bits per heavy atom. The van der Waals surface area contributed by atoms with Crippen molar-refractivity contribution in [1.82, 2.24) is 0 Å². The van der Waals surface area contributed by atoms with E-state index in [4.69, 9.17) is 5.11 Å². The fourth-order valence-corrected chi connectivity index (χ4v) is 1.53. The van der Waals surface area contributed by atoms with E-state index in [0.717, 1.165) is 19.3 Å². The van der Waals surface area contributed by atoms with E-state index in [2.05, 4.69) is 6.92 Å². The summed E-state index contributed by atoms with van der Waals surface area (Å²) in [7, 11) is 0. The summed E-state index contributed by atoms with van der Waals surface area (Å²) in [4.78, 5) is 10.6. The van der Waals surface area contributed by atoms with Crippen molar-refractivity contribution in [3.8, 4) is 0 Å². The van der Waals surface area contributed by atoms with E-state index in [0.29, 0.717) is 6.42 Å². The molecule has 0 aromatic carbocycles. The Bertz CT molecular complexity index is 176. The Kier molecular flexibility index (Phi) is 7.39. The van der Waals surface area contributed by atoms with Crippen LogP contribution in [0.1, 0.15) is 65.2 Å². The van der Waals surface area contributed by atoms with Gasteiger partial charge in [0.15, 0.2) is 5.60 Å². The molecule has 0 amide bonds. The van der Waals surface area contributed by atoms with Crippen LogP contribution in [0.2, 0.25) is 0 Å². The third-order valence-corrected chi connectivity index (χ3v) is 2.73. The molecule has 0 aromatic heterocycles. The molecule has 0 fully saturated rings. The van der Waals surface area contributed by atoms with Crippen molar-refractivity contribution in [3.63, 3.8) is 0 Å². The Hall–Kier alpha value is -0.570. The first-order valence-electron chi connectivity index (χ1n) is 5.96. The number of carbonyl (C=O) groups is 1. The third kappa shape index (κ3) is 7.37. The Balaban J connectivity index is 3.35. The first kappa shape index (κ1) is 14.4. The van der Waals surface area contributed by atoms with Gasteiger partial charge in [0.1, 0.15) is 0 Å². The Morgan fingerprint density at radius 1 is 1.07 bits per heavy atom. The topological polar surface area (TPSA) is 57.5 Å². The van der Waals surface area contributed by atoms with Crippen LogP contribution in [0.25, 0.3) is 0 Å². The number of hydrogen-bond donors (Lipinski definition) is 2. The maximum absolute atomic E-state index is 10.6. The molecule has 0 saturated carbocycles. The molecule has 0 spiro atoms. The lowest BCUT2D eigenvalue weighted by atomic mass is 9.98. The highest BCUT2D eigenvalue weighted by Crippen LogP contribution is 2.16. The smallest absolute Gasteiger partial charge is 0.335 e. The van der Waals surface area contributed by atoms with Gasteiger partial charge in [0.2, 0.25) is 0 Å². The predicted octanol–water partition coefficient (Wildman–Crippen LogP) is 2.96. The second-order valence-electron chi connectivity index (χ2n) is 4.45. The van der Waals surface area contributed by atoms with Crippen molar-refractivity contribution < 1.29 is 15.0 Å². The molecule has 0 bridgehead atoms. The second-order valence-corrected chi connectivity index (χ2v) is 4.45. The van der Waals surface area contributed by atoms with Crippen LogP contribution in [0.15, 0.2) is 0 Å². The number of aliphatic carboxylic acids is 1. The van der Waals surface area contributed by atoms with Crippen molar-refractivity contribution in [2.45, 2.75) is 70.8 Å². The average molecular weight is 216 g/mol. The van der Waals surface area contributed by atoms with Gasteiger partial charge in [0.05, 0.1) is 0 Å². The van der Waals surface area contributed by atoms with E-state index in [9.17, 15) is 9.90 Å². The minimum Gasteiger partial charge on any atom is -0.479 e. The van der Waals surface area contributed by atoms with E-state index in [1.54, 1.807) is 0 Å². The summed E-state index contributed by atoms with van der Waals surface area (Å²) < 4.78 is 0. The van der Waals surface area contributed by atoms with Crippen molar-refractivity contribution in [2.75, 3.05) is 0 Å². The molecule has 2 N–H and O–H groups in total. The monoisotopic (exact) mass is 216 g/mol. The molecular formula is C12H24O3. The molecule has 15 heavy (non-hydrogen) atoms. The van der Waals surface area contributed by atoms with Gasteiger partial charge in [0.25, 0.3) is 0 Å². The molecule has 0 aliphatic heterocycles. The molecule has 0 heterocycles. The standard InChI is InChI=1S/C12H24O3/c1-3-4-5-6-7-8-9-10-12(2,15)11(13)14/h15H,3-10H2,1-2H3,(H,13,14)/t12-/m1/s1. The summed E-state index contributed by atoms with van der Waals surface area (Å²) >= 11 is 0. The summed E-state index contributed by atoms with van der Waals surface area (Å²) in [5.74, 6) is -1.12. The maximum Gasteiger partial charge on any atom is 0.335 e. The minimum atomic E-state index is -1.54. The van der Waals surface area contributed by atoms with Crippen molar-refractivity contribution >= 4 is 5.97 Å². The van der Waals surface area contributed by atoms with Crippen molar-refractivity contribution in [3.05, 3.63) is 0 Å². The second kappa shape index (κ2) is 7.69. The van der Waals surface area contributed by atoms with Crippen LogP contribution >= 0.6 is 0 Å². The van der Waals surface area contributed by atoms with Gasteiger partial charge < -0.3 is 10.2 Å². The maximum atomic E-state index is 10.6. The number of aliphatic hydroxyl groups is 1. The molecule has 0 aliphatic carbocycles. The zero-order valence-electron chi connectivity index (χ0n) is 9.96. The molecule has 3 heteroatoms. The van der Waals surface area contributed by atoms with Gasteiger partial charge in [-0.25, -0.2) is 4.79 Å². The van der Waals surface area contributed by atoms with Crippen LogP contribution in [-0.4, -0.2) is 21.8 Å². The van der Waals surface area contributed by atoms with Gasteiger partial charge in [-0.1, -0.05) is 45.4 Å². The van der Waals surface area contributed by atoms with E-state index in [1.165, 1.54) is 32.6 Å². The summed E-state index contributed by atoms with van der Waals surface area (Å²) in [6, 6.07) is 0. The first-order chi connectivity index (χ1) is 7.00. The summed E-state index contributed by atoms with van der Waals surface area (Å²) in [5, 5.41) is 18.1. The highest BCUT2D eigenvalue weighted by atomic mass is 16.4. The number of carboxylic acids is 1. The minimum absolute atomic E-state index is 0.357. The highest BCUT2D eigenvalue weighted by molar-refractivity contribution is 5.76. The molecule has 0 aliphatic rings. The number of unbranched alkanes of at least 4 members (excludes halogenated alkanes) is 6. The van der Waals surface area contributed by atoms with Crippen LogP contribution in [0.5, 0.6) is 0 Å². The highest BCUT2D eigenvalue weighted by Gasteiger charge is 2.28. The predicted molar refractivity (Wildman–Crippen MR) is 60.9 cm³/mol. The van der Waals surface area contributed by atoms with Crippen LogP contribution in [0.4, 0.5) is 0 Å². The summed E-state index contributed by atoms with van der Waals surface area (Å²) in [5.41, 5.74) is -1.54. The van der Waals surface area contributed by atoms with Gasteiger partial charge in [-0.2, -0.15) is 0 Å². The Labute approximate surface area is 92.5 Å². The molecule has 3 nitrogen and oxygen atoms in total. The molecule has 0 rings (SSSR count). The molecular weight excluding hydrogens is 192 g/mol. The van der Waals surface area contributed by atoms with E-state index < -0.39 is 11.6 Å². The molecule has 1 atom stereocenters. The quantitative estimate of drug-likeness (QED) is 0.582. The third-order valence-electron chi connectivity index (χ3n) is 2.73. The summed E-state index contributed by atoms with van der Waals surface area (Å²) in [6.07, 6.45) is 8.35. The van der Waals surface area contributed by atoms with Gasteiger partial charge in [-0.3, -0.25) is 0 Å². The SMILES string of the molecule is CCCCCCCCC[C@@](C)(O)C(=O)O. The van der Waals surface area contributed by atoms with Crippen LogP contribution < -0.4 is 0 Å². The number of rotatable bonds is 9. The van der Waals surface area contributed by atoms with Crippen LogP contribution in [0, 0.1) is 0 Å². The van der Waals surface area contributed by atoms with Crippen molar-refractivity contribution in [1.29, 1.82) is 0 Å². The van der Waals surface area contributed by atoms with Crippen LogP contribution in [-0.2, 0) is 4.79 Å². The molecule has 0 radical (unpaired) electrons. The van der Waals surface area contributed by atoms with Crippen molar-refractivity contribution in [2.24, 2.45) is 0 Å². The van der Waals surface area contributed by atoms with Gasteiger partial charge in [-0.15, -0.1) is 0 Å². The van der Waals surface area contributed by atoms with E-state index in [1.807, 2.05) is 0 Å². The lowest BCUT2D eigenvalue weighted by Gasteiger charge is -2.17. The first-order valence-corrected chi connectivity index (χ1v) is 5.96. The Morgan fingerprint density at radius 2 is 1.53 bits per heavy atom. The largest absolute Gasteiger partial charge is 0.479 e. The fourth-order valence-electron chi connectivity index (χ4n) is 1.53. The fraction of sp³-hybridized carbons (Fsp3) is 0.917. The zero-order valence-corrected chi connectivity index (χ0v) is 9.96. The molecule has 0 aromatic rings. The number of carboxylic acid groups (broad SMARTS) is 1. The lowest BCUT2D eigenvalue weighted by Crippen LogP contribution is -2.34. The van der Waals surface area contributed by atoms with Gasteiger partial charge in [-0.05, 0) is 19.8 Å². The van der Waals surface area contributed by atoms with Crippen LogP contribution in [0.3, 0.4) is 0 Å². The number of hydrogen-bond acceptors (Lipinski definition) is 2. The molecule has 0 unspecified atom stereocenters. The summed E-state index contributed by atoms with van der Waals surface area (Å²) in [6.45, 7) is 3.55. The van der Waals surface area contributed by atoms with E-state index in [-0.39, 0.29) is 0 Å².